The summed E-state index contributed by atoms with van der Waals surface area (Å²) >= 11 is 0. The van der Waals surface area contributed by atoms with E-state index < -0.39 is 5.60 Å². The molecule has 0 aliphatic carbocycles. The number of carbonyl (C=O) groups excluding carboxylic acids is 2. The van der Waals surface area contributed by atoms with Crippen LogP contribution in [0, 0.1) is 11.8 Å². The van der Waals surface area contributed by atoms with E-state index in [0.29, 0.717) is 18.3 Å². The molecule has 5 heteroatoms. The van der Waals surface area contributed by atoms with Gasteiger partial charge >= 0.3 is 6.09 Å². The maximum Gasteiger partial charge on any atom is 0.410 e. The van der Waals surface area contributed by atoms with Crippen LogP contribution in [0.5, 0.6) is 0 Å². The number of ether oxygens (including phenoxy) is 1. The van der Waals surface area contributed by atoms with Crippen LogP contribution in [0.3, 0.4) is 0 Å². The summed E-state index contributed by atoms with van der Waals surface area (Å²) < 4.78 is 5.31. The maximum atomic E-state index is 11.8. The van der Waals surface area contributed by atoms with Crippen molar-refractivity contribution in [3.05, 3.63) is 0 Å². The standard InChI is InChI=1S/C13H22N2O3/c1-13(2,3)18-12(17)15-7-10(8-15)9-4-5-14-11(16)6-9/h9-10H,4-8H2,1-3H3,(H,14,16). The molecule has 102 valence electrons. The Kier molecular flexibility index (Phi) is 3.50. The third-order valence-corrected chi connectivity index (χ3v) is 3.51. The van der Waals surface area contributed by atoms with Crippen LogP contribution in [-0.4, -0.2) is 42.1 Å². The number of hydrogen-bond acceptors (Lipinski definition) is 3. The highest BCUT2D eigenvalue weighted by Gasteiger charge is 2.39. The molecule has 0 saturated carbocycles. The lowest BCUT2D eigenvalue weighted by Gasteiger charge is -2.44. The first-order chi connectivity index (χ1) is 8.35. The van der Waals surface area contributed by atoms with Crippen LogP contribution in [0.1, 0.15) is 33.6 Å². The molecular weight excluding hydrogens is 232 g/mol. The highest BCUT2D eigenvalue weighted by atomic mass is 16.6. The highest BCUT2D eigenvalue weighted by Crippen LogP contribution is 2.31. The maximum absolute atomic E-state index is 11.8. The van der Waals surface area contributed by atoms with Crippen molar-refractivity contribution in [2.24, 2.45) is 11.8 Å². The van der Waals surface area contributed by atoms with Crippen molar-refractivity contribution >= 4 is 12.0 Å². The molecule has 1 unspecified atom stereocenters. The number of nitrogens with one attached hydrogen (secondary N) is 1. The second-order valence-corrected chi connectivity index (χ2v) is 6.25. The molecule has 18 heavy (non-hydrogen) atoms. The van der Waals surface area contributed by atoms with Crippen molar-refractivity contribution in [3.8, 4) is 0 Å². The van der Waals surface area contributed by atoms with Crippen LogP contribution in [-0.2, 0) is 9.53 Å². The van der Waals surface area contributed by atoms with Gasteiger partial charge in [-0.2, -0.15) is 0 Å². The van der Waals surface area contributed by atoms with Gasteiger partial charge in [-0.05, 0) is 39.0 Å². The van der Waals surface area contributed by atoms with E-state index in [4.69, 9.17) is 4.74 Å². The molecule has 0 aromatic heterocycles. The lowest BCUT2D eigenvalue weighted by Crippen LogP contribution is -2.55. The Hall–Kier alpha value is -1.26. The van der Waals surface area contributed by atoms with Crippen molar-refractivity contribution in [2.75, 3.05) is 19.6 Å². The monoisotopic (exact) mass is 254 g/mol. The number of carbonyl (C=O) groups is 2. The van der Waals surface area contributed by atoms with E-state index in [1.807, 2.05) is 20.8 Å². The SMILES string of the molecule is CC(C)(C)OC(=O)N1CC(C2CCNC(=O)C2)C1. The van der Waals surface area contributed by atoms with Gasteiger partial charge in [0.1, 0.15) is 5.60 Å². The molecule has 2 saturated heterocycles. The van der Waals surface area contributed by atoms with Crippen molar-refractivity contribution in [3.63, 3.8) is 0 Å². The normalized spacial score (nSPS) is 25.4. The number of rotatable bonds is 1. The summed E-state index contributed by atoms with van der Waals surface area (Å²) in [5.74, 6) is 1.03. The Morgan fingerprint density at radius 2 is 2.00 bits per heavy atom. The molecule has 0 aromatic carbocycles. The van der Waals surface area contributed by atoms with Gasteiger partial charge in [0.15, 0.2) is 0 Å². The van der Waals surface area contributed by atoms with Gasteiger partial charge in [0, 0.05) is 26.1 Å². The molecule has 1 atom stereocenters. The minimum Gasteiger partial charge on any atom is -0.444 e. The molecule has 0 bridgehead atoms. The van der Waals surface area contributed by atoms with Gasteiger partial charge in [0.25, 0.3) is 0 Å². The summed E-state index contributed by atoms with van der Waals surface area (Å²) in [6.07, 6.45) is 1.39. The van der Waals surface area contributed by atoms with Crippen LogP contribution in [0.25, 0.3) is 0 Å². The fourth-order valence-electron chi connectivity index (χ4n) is 2.50. The molecular formula is C13H22N2O3. The second kappa shape index (κ2) is 4.78. The summed E-state index contributed by atoms with van der Waals surface area (Å²) in [4.78, 5) is 24.8. The Bertz CT molecular complexity index is 343. The van der Waals surface area contributed by atoms with Gasteiger partial charge in [-0.3, -0.25) is 4.79 Å². The van der Waals surface area contributed by atoms with Crippen molar-refractivity contribution < 1.29 is 14.3 Å². The van der Waals surface area contributed by atoms with Crippen LogP contribution in [0.2, 0.25) is 0 Å². The zero-order chi connectivity index (χ0) is 13.3. The molecule has 0 spiro atoms. The Morgan fingerprint density at radius 1 is 1.33 bits per heavy atom. The summed E-state index contributed by atoms with van der Waals surface area (Å²) in [7, 11) is 0. The molecule has 2 heterocycles. The lowest BCUT2D eigenvalue weighted by molar-refractivity contribution is -0.124. The van der Waals surface area contributed by atoms with Crippen LogP contribution in [0.15, 0.2) is 0 Å². The van der Waals surface area contributed by atoms with Crippen LogP contribution < -0.4 is 5.32 Å². The Labute approximate surface area is 108 Å². The summed E-state index contributed by atoms with van der Waals surface area (Å²) in [5, 5.41) is 2.84. The quantitative estimate of drug-likeness (QED) is 0.769. The fraction of sp³-hybridized carbons (Fsp3) is 0.846. The molecule has 2 aliphatic rings. The average Bonchev–Trinajstić information content (AvgIpc) is 2.11. The van der Waals surface area contributed by atoms with E-state index >= 15 is 0 Å². The topological polar surface area (TPSA) is 58.6 Å². The predicted molar refractivity (Wildman–Crippen MR) is 67.0 cm³/mol. The molecule has 2 rings (SSSR count). The molecule has 2 amide bonds. The minimum absolute atomic E-state index is 0.141. The van der Waals surface area contributed by atoms with Gasteiger partial charge in [0.05, 0.1) is 0 Å². The Morgan fingerprint density at radius 3 is 2.56 bits per heavy atom. The molecule has 2 aliphatic heterocycles. The van der Waals surface area contributed by atoms with E-state index in [2.05, 4.69) is 5.32 Å². The van der Waals surface area contributed by atoms with Crippen molar-refractivity contribution in [1.82, 2.24) is 10.2 Å². The van der Waals surface area contributed by atoms with Gasteiger partial charge in [-0.15, -0.1) is 0 Å². The van der Waals surface area contributed by atoms with Crippen LogP contribution >= 0.6 is 0 Å². The highest BCUT2D eigenvalue weighted by molar-refractivity contribution is 5.77. The Balaban J connectivity index is 1.76. The van der Waals surface area contributed by atoms with E-state index in [1.54, 1.807) is 4.90 Å². The summed E-state index contributed by atoms with van der Waals surface area (Å²) in [5.41, 5.74) is -0.438. The average molecular weight is 254 g/mol. The molecule has 0 radical (unpaired) electrons. The number of likely N-dealkylation sites (tertiary alicyclic amines) is 1. The van der Waals surface area contributed by atoms with E-state index in [9.17, 15) is 9.59 Å². The number of amides is 2. The van der Waals surface area contributed by atoms with E-state index in [0.717, 1.165) is 26.1 Å². The van der Waals surface area contributed by atoms with Gasteiger partial charge in [0.2, 0.25) is 5.91 Å². The predicted octanol–water partition coefficient (Wildman–Crippen LogP) is 1.38. The first-order valence-corrected chi connectivity index (χ1v) is 6.60. The van der Waals surface area contributed by atoms with Gasteiger partial charge < -0.3 is 15.0 Å². The first kappa shape index (κ1) is 13.2. The fourth-order valence-corrected chi connectivity index (χ4v) is 2.50. The summed E-state index contributed by atoms with van der Waals surface area (Å²) in [6, 6.07) is 0. The van der Waals surface area contributed by atoms with Crippen LogP contribution in [0.4, 0.5) is 4.79 Å². The summed E-state index contributed by atoms with van der Waals surface area (Å²) in [6.45, 7) is 7.83. The number of piperidine rings is 1. The van der Waals surface area contributed by atoms with E-state index in [1.165, 1.54) is 0 Å². The third kappa shape index (κ3) is 3.15. The number of hydrogen-bond donors (Lipinski definition) is 1. The lowest BCUT2D eigenvalue weighted by atomic mass is 9.80. The molecule has 0 aromatic rings. The largest absolute Gasteiger partial charge is 0.444 e. The molecule has 5 nitrogen and oxygen atoms in total. The zero-order valence-corrected chi connectivity index (χ0v) is 11.4. The second-order valence-electron chi connectivity index (χ2n) is 6.25. The van der Waals surface area contributed by atoms with E-state index in [-0.39, 0.29) is 12.0 Å². The molecule has 1 N–H and O–H groups in total. The number of nitrogens with zero attached hydrogens (tertiary/aromatic N) is 1. The first-order valence-electron chi connectivity index (χ1n) is 6.60. The van der Waals surface area contributed by atoms with Crippen molar-refractivity contribution in [2.45, 2.75) is 39.2 Å². The third-order valence-electron chi connectivity index (χ3n) is 3.51. The van der Waals surface area contributed by atoms with Gasteiger partial charge in [-0.25, -0.2) is 4.79 Å². The smallest absolute Gasteiger partial charge is 0.410 e. The molecule has 2 fully saturated rings. The van der Waals surface area contributed by atoms with Gasteiger partial charge in [-0.1, -0.05) is 0 Å². The minimum atomic E-state index is -0.438. The zero-order valence-electron chi connectivity index (χ0n) is 11.4. The van der Waals surface area contributed by atoms with Crippen molar-refractivity contribution in [1.29, 1.82) is 0 Å².